The van der Waals surface area contributed by atoms with Crippen LogP contribution in [-0.2, 0) is 6.54 Å². The molecule has 98 valence electrons. The van der Waals surface area contributed by atoms with Crippen molar-refractivity contribution in [2.24, 2.45) is 0 Å². The summed E-state index contributed by atoms with van der Waals surface area (Å²) in [5, 5.41) is 20.6. The first kappa shape index (κ1) is 13.3. The van der Waals surface area contributed by atoms with Gasteiger partial charge in [-0.3, -0.25) is 15.0 Å². The Balaban J connectivity index is 2.07. The molecule has 0 amide bonds. The predicted octanol–water partition coefficient (Wildman–Crippen LogP) is 2.20. The van der Waals surface area contributed by atoms with Crippen LogP contribution in [0.3, 0.4) is 0 Å². The molecule has 1 aliphatic rings. The number of hydrogen-bond acceptors (Lipinski definition) is 4. The summed E-state index contributed by atoms with van der Waals surface area (Å²) in [6.07, 6.45) is 1.52. The summed E-state index contributed by atoms with van der Waals surface area (Å²) in [6, 6.07) is 4.51. The molecule has 0 aliphatic carbocycles. The quantitative estimate of drug-likeness (QED) is 0.675. The zero-order valence-electron chi connectivity index (χ0n) is 9.88. The lowest BCUT2D eigenvalue weighted by atomic mass is 10.1. The van der Waals surface area contributed by atoms with E-state index in [0.717, 1.165) is 24.9 Å². The van der Waals surface area contributed by atoms with Gasteiger partial charge in [0.1, 0.15) is 0 Å². The molecule has 2 rings (SSSR count). The number of likely N-dealkylation sites (tertiary alicyclic amines) is 1. The highest BCUT2D eigenvalue weighted by Crippen LogP contribution is 2.24. The minimum atomic E-state index is -0.458. The molecule has 0 radical (unpaired) electrons. The first-order valence-corrected chi connectivity index (χ1v) is 6.27. The Morgan fingerprint density at radius 2 is 2.33 bits per heavy atom. The summed E-state index contributed by atoms with van der Waals surface area (Å²) in [7, 11) is 0. The van der Waals surface area contributed by atoms with E-state index in [2.05, 4.69) is 4.90 Å². The number of nitro groups is 1. The van der Waals surface area contributed by atoms with Crippen molar-refractivity contribution in [1.29, 1.82) is 0 Å². The summed E-state index contributed by atoms with van der Waals surface area (Å²) in [5.74, 6) is 0. The third-order valence-corrected chi connectivity index (χ3v) is 3.47. The second-order valence-electron chi connectivity index (χ2n) is 4.56. The lowest BCUT2D eigenvalue weighted by Crippen LogP contribution is -2.37. The van der Waals surface area contributed by atoms with Crippen LogP contribution in [0.2, 0.25) is 5.02 Å². The van der Waals surface area contributed by atoms with Gasteiger partial charge in [-0.2, -0.15) is 0 Å². The molecule has 1 N–H and O–H groups in total. The molecule has 6 heteroatoms. The zero-order chi connectivity index (χ0) is 13.1. The third kappa shape index (κ3) is 3.19. The van der Waals surface area contributed by atoms with Gasteiger partial charge in [-0.25, -0.2) is 0 Å². The Labute approximate surface area is 110 Å². The van der Waals surface area contributed by atoms with E-state index in [1.807, 2.05) is 0 Å². The van der Waals surface area contributed by atoms with E-state index < -0.39 is 4.92 Å². The number of benzene rings is 1. The molecular weight excluding hydrogens is 256 g/mol. The minimum Gasteiger partial charge on any atom is -0.392 e. The first-order chi connectivity index (χ1) is 8.56. The van der Waals surface area contributed by atoms with E-state index in [1.165, 1.54) is 12.1 Å². The van der Waals surface area contributed by atoms with Gasteiger partial charge in [-0.1, -0.05) is 11.6 Å². The Morgan fingerprint density at radius 1 is 1.56 bits per heavy atom. The molecule has 1 aromatic carbocycles. The van der Waals surface area contributed by atoms with E-state index in [0.29, 0.717) is 18.1 Å². The molecular formula is C12H15ClN2O3. The van der Waals surface area contributed by atoms with Crippen LogP contribution in [0.4, 0.5) is 5.69 Å². The number of hydrogen-bond donors (Lipinski definition) is 1. The molecule has 1 aliphatic heterocycles. The van der Waals surface area contributed by atoms with Gasteiger partial charge < -0.3 is 5.11 Å². The number of non-ortho nitro benzene ring substituents is 1. The maximum absolute atomic E-state index is 10.6. The Bertz CT molecular complexity index is 453. The van der Waals surface area contributed by atoms with Crippen molar-refractivity contribution in [3.05, 3.63) is 38.9 Å². The number of β-amino-alcohol motifs (C(OH)–C–C–N with tert-alkyl or cyclic N) is 1. The standard InChI is InChI=1S/C12H15ClN2O3/c13-12-6-10(15(17)18)4-3-9(12)7-14-5-1-2-11(16)8-14/h3-4,6,11,16H,1-2,5,7-8H2/t11-/m0/s1. The third-order valence-electron chi connectivity index (χ3n) is 3.12. The summed E-state index contributed by atoms with van der Waals surface area (Å²) in [6.45, 7) is 2.17. The van der Waals surface area contributed by atoms with Gasteiger partial charge in [0.15, 0.2) is 0 Å². The molecule has 1 aromatic rings. The fourth-order valence-corrected chi connectivity index (χ4v) is 2.43. The number of rotatable bonds is 3. The summed E-state index contributed by atoms with van der Waals surface area (Å²) < 4.78 is 0. The molecule has 0 unspecified atom stereocenters. The predicted molar refractivity (Wildman–Crippen MR) is 68.6 cm³/mol. The van der Waals surface area contributed by atoms with E-state index >= 15 is 0 Å². The van der Waals surface area contributed by atoms with E-state index in [9.17, 15) is 15.2 Å². The van der Waals surface area contributed by atoms with Crippen molar-refractivity contribution in [3.8, 4) is 0 Å². The van der Waals surface area contributed by atoms with Crippen LogP contribution >= 0.6 is 11.6 Å². The lowest BCUT2D eigenvalue weighted by Gasteiger charge is -2.30. The summed E-state index contributed by atoms with van der Waals surface area (Å²) in [5.41, 5.74) is 0.860. The zero-order valence-corrected chi connectivity index (χ0v) is 10.6. The average Bonchev–Trinajstić information content (AvgIpc) is 2.31. The van der Waals surface area contributed by atoms with Crippen LogP contribution < -0.4 is 0 Å². The average molecular weight is 271 g/mol. The van der Waals surface area contributed by atoms with Crippen molar-refractivity contribution in [2.75, 3.05) is 13.1 Å². The molecule has 1 atom stereocenters. The Morgan fingerprint density at radius 3 is 2.94 bits per heavy atom. The van der Waals surface area contributed by atoms with Gasteiger partial charge in [-0.15, -0.1) is 0 Å². The van der Waals surface area contributed by atoms with E-state index in [1.54, 1.807) is 6.07 Å². The smallest absolute Gasteiger partial charge is 0.270 e. The minimum absolute atomic E-state index is 0.00225. The monoisotopic (exact) mass is 270 g/mol. The van der Waals surface area contributed by atoms with Crippen molar-refractivity contribution in [1.82, 2.24) is 4.90 Å². The van der Waals surface area contributed by atoms with Crippen molar-refractivity contribution in [2.45, 2.75) is 25.5 Å². The van der Waals surface area contributed by atoms with Gasteiger partial charge in [0.05, 0.1) is 16.0 Å². The molecule has 0 spiro atoms. The van der Waals surface area contributed by atoms with Crippen LogP contribution in [0, 0.1) is 10.1 Å². The topological polar surface area (TPSA) is 66.6 Å². The number of halogens is 1. The highest BCUT2D eigenvalue weighted by atomic mass is 35.5. The fraction of sp³-hybridized carbons (Fsp3) is 0.500. The molecule has 1 fully saturated rings. The van der Waals surface area contributed by atoms with Crippen LogP contribution in [0.1, 0.15) is 18.4 Å². The van der Waals surface area contributed by atoms with Crippen LogP contribution in [0.15, 0.2) is 18.2 Å². The van der Waals surface area contributed by atoms with E-state index in [4.69, 9.17) is 11.6 Å². The number of nitrogens with zero attached hydrogens (tertiary/aromatic N) is 2. The Hall–Kier alpha value is -1.17. The molecule has 18 heavy (non-hydrogen) atoms. The van der Waals surface area contributed by atoms with E-state index in [-0.39, 0.29) is 11.8 Å². The first-order valence-electron chi connectivity index (χ1n) is 5.89. The van der Waals surface area contributed by atoms with Gasteiger partial charge in [0, 0.05) is 25.2 Å². The van der Waals surface area contributed by atoms with Gasteiger partial charge in [-0.05, 0) is 31.0 Å². The van der Waals surface area contributed by atoms with Crippen LogP contribution in [0.25, 0.3) is 0 Å². The van der Waals surface area contributed by atoms with Crippen LogP contribution in [-0.4, -0.2) is 34.1 Å². The van der Waals surface area contributed by atoms with Gasteiger partial charge in [0.2, 0.25) is 0 Å². The van der Waals surface area contributed by atoms with Crippen molar-refractivity contribution in [3.63, 3.8) is 0 Å². The molecule has 0 saturated carbocycles. The maximum Gasteiger partial charge on any atom is 0.270 e. The second kappa shape index (κ2) is 5.65. The Kier molecular flexibility index (Phi) is 4.16. The normalized spacial score (nSPS) is 20.9. The highest BCUT2D eigenvalue weighted by molar-refractivity contribution is 6.31. The van der Waals surface area contributed by atoms with Gasteiger partial charge in [0.25, 0.3) is 5.69 Å². The molecule has 0 aromatic heterocycles. The summed E-state index contributed by atoms with van der Waals surface area (Å²) in [4.78, 5) is 12.3. The molecule has 1 heterocycles. The number of nitro benzene ring substituents is 1. The number of piperidine rings is 1. The SMILES string of the molecule is O=[N+]([O-])c1ccc(CN2CCC[C@H](O)C2)c(Cl)c1. The van der Waals surface area contributed by atoms with Crippen LogP contribution in [0.5, 0.6) is 0 Å². The highest BCUT2D eigenvalue weighted by Gasteiger charge is 2.19. The van der Waals surface area contributed by atoms with Crippen molar-refractivity contribution < 1.29 is 10.0 Å². The van der Waals surface area contributed by atoms with Gasteiger partial charge >= 0.3 is 0 Å². The molecule has 5 nitrogen and oxygen atoms in total. The van der Waals surface area contributed by atoms with Crippen molar-refractivity contribution >= 4 is 17.3 Å². The number of aliphatic hydroxyl groups excluding tert-OH is 1. The second-order valence-corrected chi connectivity index (χ2v) is 4.97. The fourth-order valence-electron chi connectivity index (χ4n) is 2.19. The molecule has 0 bridgehead atoms. The number of aliphatic hydroxyl groups is 1. The summed E-state index contributed by atoms with van der Waals surface area (Å²) >= 11 is 6.04. The largest absolute Gasteiger partial charge is 0.392 e. The molecule has 1 saturated heterocycles. The maximum atomic E-state index is 10.6. The lowest BCUT2D eigenvalue weighted by molar-refractivity contribution is -0.384.